The zero-order chi connectivity index (χ0) is 14.2. The highest BCUT2D eigenvalue weighted by Gasteiger charge is 2.28. The number of hydrogen-bond donors (Lipinski definition) is 1. The number of nitrogens with zero attached hydrogens (tertiary/aromatic N) is 2. The molecule has 0 saturated carbocycles. The molecule has 1 atom stereocenters. The van der Waals surface area contributed by atoms with Gasteiger partial charge in [-0.2, -0.15) is 0 Å². The van der Waals surface area contributed by atoms with Crippen LogP contribution in [0, 0.1) is 5.82 Å². The highest BCUT2D eigenvalue weighted by Crippen LogP contribution is 2.25. The second-order valence-corrected chi connectivity index (χ2v) is 5.82. The van der Waals surface area contributed by atoms with Crippen molar-refractivity contribution in [3.63, 3.8) is 0 Å². The summed E-state index contributed by atoms with van der Waals surface area (Å²) in [5.74, 6) is -0.631. The largest absolute Gasteiger partial charge is 0.396 e. The first kappa shape index (κ1) is 14.3. The quantitative estimate of drug-likeness (QED) is 0.801. The van der Waals surface area contributed by atoms with Crippen molar-refractivity contribution in [2.24, 2.45) is 0 Å². The molecule has 0 radical (unpaired) electrons. The van der Waals surface area contributed by atoms with E-state index in [-0.39, 0.29) is 17.6 Å². The summed E-state index contributed by atoms with van der Waals surface area (Å²) in [6, 6.07) is 2.76. The third kappa shape index (κ3) is 2.90. The van der Waals surface area contributed by atoms with Gasteiger partial charge in [-0.25, -0.2) is 4.39 Å². The Morgan fingerprint density at radius 3 is 2.79 bits per heavy atom. The van der Waals surface area contributed by atoms with Crippen molar-refractivity contribution >= 4 is 27.5 Å². The minimum atomic E-state index is -0.519. The van der Waals surface area contributed by atoms with Crippen LogP contribution in [0.3, 0.4) is 0 Å². The maximum Gasteiger partial charge on any atom is 0.255 e. The maximum absolute atomic E-state index is 13.3. The van der Waals surface area contributed by atoms with Crippen LogP contribution in [0.1, 0.15) is 17.3 Å². The molecule has 1 fully saturated rings. The van der Waals surface area contributed by atoms with Gasteiger partial charge in [-0.05, 0) is 42.0 Å². The molecule has 2 N–H and O–H groups in total. The second kappa shape index (κ2) is 5.46. The Bertz CT molecular complexity index is 509. The number of likely N-dealkylation sites (N-methyl/N-ethyl adjacent to an activating group) is 1. The summed E-state index contributed by atoms with van der Waals surface area (Å²) < 4.78 is 13.7. The van der Waals surface area contributed by atoms with Gasteiger partial charge in [0.25, 0.3) is 5.91 Å². The van der Waals surface area contributed by atoms with Crippen molar-refractivity contribution in [3.8, 4) is 0 Å². The standard InChI is InChI=1S/C13H17BrFN3O/c1-8-7-17(2)3-4-18(8)13(19)9-5-12(16)11(15)6-10(9)14/h5-6,8H,3-4,7,16H2,1-2H3. The van der Waals surface area contributed by atoms with Gasteiger partial charge in [0, 0.05) is 30.1 Å². The Morgan fingerprint density at radius 2 is 2.16 bits per heavy atom. The molecular weight excluding hydrogens is 313 g/mol. The van der Waals surface area contributed by atoms with E-state index < -0.39 is 5.82 Å². The van der Waals surface area contributed by atoms with Crippen LogP contribution in [0.5, 0.6) is 0 Å². The Balaban J connectivity index is 2.27. The van der Waals surface area contributed by atoms with E-state index in [4.69, 9.17) is 5.73 Å². The number of carbonyl (C=O) groups excluding carboxylic acids is 1. The molecular formula is C13H17BrFN3O. The van der Waals surface area contributed by atoms with Crippen LogP contribution in [0.2, 0.25) is 0 Å². The summed E-state index contributed by atoms with van der Waals surface area (Å²) in [5.41, 5.74) is 5.94. The van der Waals surface area contributed by atoms with Gasteiger partial charge in [-0.3, -0.25) is 4.79 Å². The number of nitrogens with two attached hydrogens (primary N) is 1. The maximum atomic E-state index is 13.3. The highest BCUT2D eigenvalue weighted by molar-refractivity contribution is 9.10. The molecule has 1 aliphatic rings. The first-order valence-electron chi connectivity index (χ1n) is 6.14. The number of halogens is 2. The number of piperazine rings is 1. The molecule has 0 aromatic heterocycles. The molecule has 4 nitrogen and oxygen atoms in total. The normalized spacial score (nSPS) is 20.6. The van der Waals surface area contributed by atoms with E-state index in [1.54, 1.807) is 4.90 Å². The van der Waals surface area contributed by atoms with Crippen LogP contribution < -0.4 is 5.73 Å². The number of rotatable bonds is 1. The molecule has 1 aromatic carbocycles. The molecule has 0 aliphatic carbocycles. The Hall–Kier alpha value is -1.14. The molecule has 1 unspecified atom stereocenters. The van der Waals surface area contributed by atoms with E-state index in [9.17, 15) is 9.18 Å². The van der Waals surface area contributed by atoms with Crippen molar-refractivity contribution < 1.29 is 9.18 Å². The molecule has 0 spiro atoms. The fourth-order valence-electron chi connectivity index (χ4n) is 2.33. The summed E-state index contributed by atoms with van der Waals surface area (Å²) in [7, 11) is 2.03. The average Bonchev–Trinajstić information content (AvgIpc) is 2.33. The summed E-state index contributed by atoms with van der Waals surface area (Å²) >= 11 is 3.23. The van der Waals surface area contributed by atoms with Crippen molar-refractivity contribution in [1.29, 1.82) is 0 Å². The number of carbonyl (C=O) groups is 1. The molecule has 6 heteroatoms. The molecule has 1 heterocycles. The van der Waals surface area contributed by atoms with Gasteiger partial charge in [0.2, 0.25) is 0 Å². The third-order valence-electron chi connectivity index (χ3n) is 3.41. The highest BCUT2D eigenvalue weighted by atomic mass is 79.9. The number of anilines is 1. The van der Waals surface area contributed by atoms with E-state index in [1.807, 2.05) is 14.0 Å². The van der Waals surface area contributed by atoms with Crippen LogP contribution in [0.4, 0.5) is 10.1 Å². The molecule has 0 bridgehead atoms. The van der Waals surface area contributed by atoms with Crippen molar-refractivity contribution in [1.82, 2.24) is 9.80 Å². The zero-order valence-electron chi connectivity index (χ0n) is 11.0. The van der Waals surface area contributed by atoms with E-state index in [0.717, 1.165) is 13.1 Å². The molecule has 2 rings (SSSR count). The molecule has 1 aromatic rings. The molecule has 19 heavy (non-hydrogen) atoms. The van der Waals surface area contributed by atoms with Gasteiger partial charge in [0.1, 0.15) is 5.82 Å². The van der Waals surface area contributed by atoms with Gasteiger partial charge in [0.15, 0.2) is 0 Å². The minimum Gasteiger partial charge on any atom is -0.396 e. The Labute approximate surface area is 120 Å². The van der Waals surface area contributed by atoms with E-state index in [2.05, 4.69) is 20.8 Å². The predicted molar refractivity (Wildman–Crippen MR) is 76.5 cm³/mol. The lowest BCUT2D eigenvalue weighted by molar-refractivity contribution is 0.0532. The molecule has 104 valence electrons. The minimum absolute atomic E-state index is 0.00618. The lowest BCUT2D eigenvalue weighted by atomic mass is 10.1. The summed E-state index contributed by atoms with van der Waals surface area (Å²) in [5, 5.41) is 0. The van der Waals surface area contributed by atoms with E-state index >= 15 is 0 Å². The lowest BCUT2D eigenvalue weighted by Crippen LogP contribution is -2.52. The Morgan fingerprint density at radius 1 is 1.47 bits per heavy atom. The van der Waals surface area contributed by atoms with Crippen LogP contribution in [0.15, 0.2) is 16.6 Å². The van der Waals surface area contributed by atoms with Crippen LogP contribution in [-0.4, -0.2) is 48.4 Å². The second-order valence-electron chi connectivity index (χ2n) is 4.96. The molecule has 1 aliphatic heterocycles. The Kier molecular flexibility index (Phi) is 4.10. The van der Waals surface area contributed by atoms with Gasteiger partial charge >= 0.3 is 0 Å². The molecule has 1 amide bonds. The fraction of sp³-hybridized carbons (Fsp3) is 0.462. The van der Waals surface area contributed by atoms with Crippen LogP contribution in [0.25, 0.3) is 0 Å². The summed E-state index contributed by atoms with van der Waals surface area (Å²) in [4.78, 5) is 16.5. The number of nitrogen functional groups attached to an aromatic ring is 1. The third-order valence-corrected chi connectivity index (χ3v) is 4.06. The van der Waals surface area contributed by atoms with Crippen LogP contribution >= 0.6 is 15.9 Å². The molecule has 1 saturated heterocycles. The number of amides is 1. The van der Waals surface area contributed by atoms with Crippen molar-refractivity contribution in [2.45, 2.75) is 13.0 Å². The van der Waals surface area contributed by atoms with Gasteiger partial charge in [-0.15, -0.1) is 0 Å². The number of hydrogen-bond acceptors (Lipinski definition) is 3. The topological polar surface area (TPSA) is 49.6 Å². The van der Waals surface area contributed by atoms with Gasteiger partial charge in [-0.1, -0.05) is 0 Å². The van der Waals surface area contributed by atoms with Crippen molar-refractivity contribution in [3.05, 3.63) is 28.0 Å². The number of benzene rings is 1. The fourth-order valence-corrected chi connectivity index (χ4v) is 2.81. The van der Waals surface area contributed by atoms with Gasteiger partial charge < -0.3 is 15.5 Å². The lowest BCUT2D eigenvalue weighted by Gasteiger charge is -2.38. The smallest absolute Gasteiger partial charge is 0.255 e. The van der Waals surface area contributed by atoms with Crippen molar-refractivity contribution in [2.75, 3.05) is 32.4 Å². The first-order valence-corrected chi connectivity index (χ1v) is 6.93. The predicted octanol–water partition coefficient (Wildman–Crippen LogP) is 1.95. The average molecular weight is 330 g/mol. The van der Waals surface area contributed by atoms with E-state index in [1.165, 1.54) is 12.1 Å². The zero-order valence-corrected chi connectivity index (χ0v) is 12.6. The van der Waals surface area contributed by atoms with Crippen LogP contribution in [-0.2, 0) is 0 Å². The first-order chi connectivity index (χ1) is 8.90. The monoisotopic (exact) mass is 329 g/mol. The van der Waals surface area contributed by atoms with Gasteiger partial charge in [0.05, 0.1) is 11.3 Å². The summed E-state index contributed by atoms with van der Waals surface area (Å²) in [6.07, 6.45) is 0. The SMILES string of the molecule is CC1CN(C)CCN1C(=O)c1cc(N)c(F)cc1Br. The summed E-state index contributed by atoms with van der Waals surface area (Å²) in [6.45, 7) is 4.35. The van der Waals surface area contributed by atoms with E-state index in [0.29, 0.717) is 16.6 Å².